The summed E-state index contributed by atoms with van der Waals surface area (Å²) in [5.74, 6) is -0.163. The first-order chi connectivity index (χ1) is 8.49. The molecule has 4 nitrogen and oxygen atoms in total. The van der Waals surface area contributed by atoms with Gasteiger partial charge in [-0.15, -0.1) is 0 Å². The Balaban J connectivity index is 2.43. The van der Waals surface area contributed by atoms with Crippen molar-refractivity contribution in [3.63, 3.8) is 0 Å². The zero-order chi connectivity index (χ0) is 13.2. The van der Waals surface area contributed by atoms with Crippen LogP contribution in [-0.2, 0) is 14.8 Å². The lowest BCUT2D eigenvalue weighted by Gasteiger charge is -2.06. The SMILES string of the molecule is CC1=CC(=O)C=CC1=NS(=O)(=O)c1ccccc1. The molecule has 0 aliphatic heterocycles. The molecule has 0 fully saturated rings. The molecule has 92 valence electrons. The van der Waals surface area contributed by atoms with Crippen LogP contribution < -0.4 is 0 Å². The Morgan fingerprint density at radius 2 is 1.72 bits per heavy atom. The summed E-state index contributed by atoms with van der Waals surface area (Å²) in [6, 6.07) is 7.97. The van der Waals surface area contributed by atoms with Gasteiger partial charge in [0.25, 0.3) is 10.0 Å². The van der Waals surface area contributed by atoms with E-state index < -0.39 is 10.0 Å². The van der Waals surface area contributed by atoms with Crippen molar-refractivity contribution in [3.05, 3.63) is 54.1 Å². The number of benzene rings is 1. The van der Waals surface area contributed by atoms with Crippen molar-refractivity contribution in [2.45, 2.75) is 11.8 Å². The fourth-order valence-corrected chi connectivity index (χ4v) is 2.58. The zero-order valence-corrected chi connectivity index (χ0v) is 10.5. The number of carbonyl (C=O) groups excluding carboxylic acids is 1. The molecule has 0 radical (unpaired) electrons. The lowest BCUT2D eigenvalue weighted by Crippen LogP contribution is -2.09. The lowest BCUT2D eigenvalue weighted by molar-refractivity contribution is -0.110. The fraction of sp³-hybridized carbons (Fsp3) is 0.0769. The third-order valence-corrected chi connectivity index (χ3v) is 3.73. The van der Waals surface area contributed by atoms with Crippen LogP contribution in [-0.4, -0.2) is 19.9 Å². The highest BCUT2D eigenvalue weighted by Gasteiger charge is 2.15. The van der Waals surface area contributed by atoms with Gasteiger partial charge in [0.05, 0.1) is 10.6 Å². The van der Waals surface area contributed by atoms with Crippen LogP contribution in [0, 0.1) is 0 Å². The van der Waals surface area contributed by atoms with Gasteiger partial charge in [0.1, 0.15) is 0 Å². The summed E-state index contributed by atoms with van der Waals surface area (Å²) in [4.78, 5) is 11.2. The normalized spacial score (nSPS) is 17.9. The predicted molar refractivity (Wildman–Crippen MR) is 69.0 cm³/mol. The Kier molecular flexibility index (Phi) is 3.25. The number of hydrogen-bond acceptors (Lipinski definition) is 3. The number of rotatable bonds is 2. The van der Waals surface area contributed by atoms with E-state index >= 15 is 0 Å². The highest BCUT2D eigenvalue weighted by Crippen LogP contribution is 2.15. The maximum atomic E-state index is 12.0. The molecule has 0 amide bonds. The number of allylic oxidation sites excluding steroid dienone is 4. The standard InChI is InChI=1S/C13H11NO3S/c1-10-9-11(15)7-8-13(10)14-18(16,17)12-5-3-2-4-6-12/h2-9H,1H3. The third kappa shape index (κ3) is 2.62. The van der Waals surface area contributed by atoms with Gasteiger partial charge in [-0.05, 0) is 42.9 Å². The average molecular weight is 261 g/mol. The maximum Gasteiger partial charge on any atom is 0.282 e. The van der Waals surface area contributed by atoms with Crippen molar-refractivity contribution in [1.29, 1.82) is 0 Å². The molecule has 0 unspecified atom stereocenters. The largest absolute Gasteiger partial charge is 0.290 e. The van der Waals surface area contributed by atoms with Crippen LogP contribution in [0.15, 0.2) is 63.4 Å². The quantitative estimate of drug-likeness (QED) is 0.764. The Labute approximate surface area is 105 Å². The van der Waals surface area contributed by atoms with Crippen LogP contribution >= 0.6 is 0 Å². The summed E-state index contributed by atoms with van der Waals surface area (Å²) in [6.07, 6.45) is 4.07. The highest BCUT2D eigenvalue weighted by atomic mass is 32.2. The summed E-state index contributed by atoms with van der Waals surface area (Å²) in [7, 11) is -3.73. The monoisotopic (exact) mass is 261 g/mol. The highest BCUT2D eigenvalue weighted by molar-refractivity contribution is 7.90. The molecule has 0 N–H and O–H groups in total. The number of hydrogen-bond donors (Lipinski definition) is 0. The molecule has 0 heterocycles. The minimum Gasteiger partial charge on any atom is -0.290 e. The zero-order valence-electron chi connectivity index (χ0n) is 9.70. The van der Waals surface area contributed by atoms with Crippen molar-refractivity contribution in [2.24, 2.45) is 4.40 Å². The predicted octanol–water partition coefficient (Wildman–Crippen LogP) is 1.90. The van der Waals surface area contributed by atoms with E-state index in [0.29, 0.717) is 11.3 Å². The van der Waals surface area contributed by atoms with E-state index in [1.807, 2.05) is 0 Å². The van der Waals surface area contributed by atoms with Crippen molar-refractivity contribution in [1.82, 2.24) is 0 Å². The summed E-state index contributed by atoms with van der Waals surface area (Å²) >= 11 is 0. The second-order valence-electron chi connectivity index (χ2n) is 3.83. The summed E-state index contributed by atoms with van der Waals surface area (Å²) in [5.41, 5.74) is 0.834. The molecule has 0 atom stereocenters. The van der Waals surface area contributed by atoms with Crippen LogP contribution in [0.25, 0.3) is 0 Å². The van der Waals surface area contributed by atoms with Crippen LogP contribution in [0.3, 0.4) is 0 Å². The van der Waals surface area contributed by atoms with Gasteiger partial charge in [-0.1, -0.05) is 18.2 Å². The van der Waals surface area contributed by atoms with Crippen molar-refractivity contribution in [2.75, 3.05) is 0 Å². The van der Waals surface area contributed by atoms with Crippen LogP contribution in [0.1, 0.15) is 6.92 Å². The molecular weight excluding hydrogens is 250 g/mol. The lowest BCUT2D eigenvalue weighted by atomic mass is 10.1. The van der Waals surface area contributed by atoms with Gasteiger partial charge in [-0.2, -0.15) is 12.8 Å². The van der Waals surface area contributed by atoms with Gasteiger partial charge in [0, 0.05) is 0 Å². The molecule has 2 rings (SSSR count). The first-order valence-electron chi connectivity index (χ1n) is 5.30. The summed E-state index contributed by atoms with van der Waals surface area (Å²) in [5, 5.41) is 0. The van der Waals surface area contributed by atoms with Gasteiger partial charge in [-0.25, -0.2) is 0 Å². The van der Waals surface area contributed by atoms with E-state index in [1.165, 1.54) is 30.4 Å². The fourth-order valence-electron chi connectivity index (χ4n) is 1.51. The number of sulfonamides is 1. The molecule has 1 aliphatic rings. The van der Waals surface area contributed by atoms with Gasteiger partial charge in [0.15, 0.2) is 5.78 Å². The van der Waals surface area contributed by atoms with Crippen LogP contribution in [0.2, 0.25) is 0 Å². The van der Waals surface area contributed by atoms with E-state index in [4.69, 9.17) is 0 Å². The Morgan fingerprint density at radius 1 is 1.06 bits per heavy atom. The summed E-state index contributed by atoms with van der Waals surface area (Å²) < 4.78 is 27.7. The average Bonchev–Trinajstić information content (AvgIpc) is 2.34. The molecule has 0 aromatic heterocycles. The minimum absolute atomic E-state index is 0.135. The van der Waals surface area contributed by atoms with Gasteiger partial charge in [-0.3, -0.25) is 4.79 Å². The molecule has 0 saturated heterocycles. The molecule has 1 aromatic rings. The second-order valence-corrected chi connectivity index (χ2v) is 5.43. The van der Waals surface area contributed by atoms with Gasteiger partial charge in [0.2, 0.25) is 0 Å². The smallest absolute Gasteiger partial charge is 0.282 e. The Bertz CT molecular complexity index is 667. The molecule has 1 aromatic carbocycles. The van der Waals surface area contributed by atoms with Gasteiger partial charge < -0.3 is 0 Å². The van der Waals surface area contributed by atoms with Crippen molar-refractivity contribution < 1.29 is 13.2 Å². The number of nitrogens with zero attached hydrogens (tertiary/aromatic N) is 1. The first kappa shape index (κ1) is 12.4. The van der Waals surface area contributed by atoms with Crippen LogP contribution in [0.5, 0.6) is 0 Å². The summed E-state index contributed by atoms with van der Waals surface area (Å²) in [6.45, 7) is 1.65. The molecule has 0 spiro atoms. The van der Waals surface area contributed by atoms with E-state index in [9.17, 15) is 13.2 Å². The van der Waals surface area contributed by atoms with Gasteiger partial charge >= 0.3 is 0 Å². The molecule has 1 aliphatic carbocycles. The minimum atomic E-state index is -3.73. The Morgan fingerprint density at radius 3 is 2.33 bits per heavy atom. The van der Waals surface area contributed by atoms with Crippen molar-refractivity contribution in [3.8, 4) is 0 Å². The third-order valence-electron chi connectivity index (χ3n) is 2.43. The molecular formula is C13H11NO3S. The molecule has 0 saturated carbocycles. The molecule has 18 heavy (non-hydrogen) atoms. The molecule has 0 bridgehead atoms. The first-order valence-corrected chi connectivity index (χ1v) is 6.74. The van der Waals surface area contributed by atoms with E-state index in [1.54, 1.807) is 25.1 Å². The molecule has 5 heteroatoms. The number of ketones is 1. The van der Waals surface area contributed by atoms with Crippen molar-refractivity contribution >= 4 is 21.5 Å². The van der Waals surface area contributed by atoms with Crippen LogP contribution in [0.4, 0.5) is 0 Å². The second kappa shape index (κ2) is 4.70. The number of carbonyl (C=O) groups is 1. The van der Waals surface area contributed by atoms with E-state index in [2.05, 4.69) is 4.40 Å². The van der Waals surface area contributed by atoms with E-state index in [-0.39, 0.29) is 10.7 Å². The maximum absolute atomic E-state index is 12.0. The van der Waals surface area contributed by atoms with E-state index in [0.717, 1.165) is 0 Å². The Hall–Kier alpha value is -2.01. The topological polar surface area (TPSA) is 63.6 Å².